The van der Waals surface area contributed by atoms with Crippen LogP contribution in [0, 0.1) is 6.92 Å². The molecule has 0 aliphatic heterocycles. The summed E-state index contributed by atoms with van der Waals surface area (Å²) < 4.78 is 33.4. The summed E-state index contributed by atoms with van der Waals surface area (Å²) in [6.45, 7) is 10.6. The van der Waals surface area contributed by atoms with Crippen molar-refractivity contribution in [2.24, 2.45) is 0 Å². The third-order valence-electron chi connectivity index (χ3n) is 4.84. The Kier molecular flexibility index (Phi) is 9.07. The predicted octanol–water partition coefficient (Wildman–Crippen LogP) is 4.25. The minimum Gasteiger partial charge on any atom is -0.379 e. The second-order valence-electron chi connectivity index (χ2n) is 8.19. The van der Waals surface area contributed by atoms with Gasteiger partial charge in [-0.25, -0.2) is 8.42 Å². The zero-order valence-electron chi connectivity index (χ0n) is 19.1. The lowest BCUT2D eigenvalue weighted by Crippen LogP contribution is -2.41. The minimum absolute atomic E-state index is 0.139. The molecule has 1 amide bonds. The van der Waals surface area contributed by atoms with Crippen molar-refractivity contribution >= 4 is 21.6 Å². The molecule has 0 fully saturated rings. The van der Waals surface area contributed by atoms with Gasteiger partial charge in [-0.1, -0.05) is 43.7 Å². The minimum atomic E-state index is -3.90. The number of benzene rings is 2. The second kappa shape index (κ2) is 11.3. The van der Waals surface area contributed by atoms with E-state index in [0.29, 0.717) is 31.2 Å². The van der Waals surface area contributed by atoms with Gasteiger partial charge in [-0.2, -0.15) is 0 Å². The van der Waals surface area contributed by atoms with Crippen LogP contribution in [0.1, 0.15) is 51.2 Å². The van der Waals surface area contributed by atoms with Crippen molar-refractivity contribution < 1.29 is 17.9 Å². The summed E-state index contributed by atoms with van der Waals surface area (Å²) in [5.74, 6) is -0.0271. The molecule has 0 heterocycles. The molecule has 2 aromatic rings. The van der Waals surface area contributed by atoms with Crippen molar-refractivity contribution in [1.29, 1.82) is 0 Å². The van der Waals surface area contributed by atoms with E-state index in [0.717, 1.165) is 11.1 Å². The van der Waals surface area contributed by atoms with E-state index >= 15 is 0 Å². The Morgan fingerprint density at radius 1 is 1.00 bits per heavy atom. The number of carbonyl (C=O) groups is 1. The maximum absolute atomic E-state index is 13.4. The van der Waals surface area contributed by atoms with Gasteiger partial charge in [-0.05, 0) is 62.9 Å². The number of hydrogen-bond acceptors (Lipinski definition) is 4. The molecular weight excluding hydrogens is 412 g/mol. The van der Waals surface area contributed by atoms with Gasteiger partial charge in [0.25, 0.3) is 10.0 Å². The largest absolute Gasteiger partial charge is 0.379 e. The van der Waals surface area contributed by atoms with Crippen molar-refractivity contribution in [3.05, 3.63) is 59.7 Å². The average Bonchev–Trinajstić information content (AvgIpc) is 2.72. The van der Waals surface area contributed by atoms with Gasteiger partial charge in [-0.3, -0.25) is 9.10 Å². The fourth-order valence-corrected chi connectivity index (χ4v) is 4.40. The zero-order valence-corrected chi connectivity index (χ0v) is 19.9. The van der Waals surface area contributed by atoms with Crippen LogP contribution in [0.2, 0.25) is 0 Å². The fraction of sp³-hybridized carbons (Fsp3) is 0.458. The van der Waals surface area contributed by atoms with Crippen LogP contribution in [-0.2, 0) is 19.6 Å². The summed E-state index contributed by atoms with van der Waals surface area (Å²) in [6, 6.07) is 14.0. The van der Waals surface area contributed by atoms with Crippen molar-refractivity contribution in [3.63, 3.8) is 0 Å². The molecule has 0 atom stereocenters. The summed E-state index contributed by atoms with van der Waals surface area (Å²) in [4.78, 5) is 12.7. The molecule has 0 saturated carbocycles. The topological polar surface area (TPSA) is 75.7 Å². The first kappa shape index (κ1) is 24.9. The number of ether oxygens (including phenoxy) is 1. The van der Waals surface area contributed by atoms with Crippen LogP contribution < -0.4 is 9.62 Å². The number of nitrogens with one attached hydrogen (secondary N) is 1. The third kappa shape index (κ3) is 7.36. The lowest BCUT2D eigenvalue weighted by atomic mass is 10.0. The highest BCUT2D eigenvalue weighted by Gasteiger charge is 2.27. The van der Waals surface area contributed by atoms with Crippen molar-refractivity contribution in [2.45, 2.75) is 58.0 Å². The molecule has 0 spiro atoms. The highest BCUT2D eigenvalue weighted by atomic mass is 32.2. The molecule has 1 N–H and O–H groups in total. The van der Waals surface area contributed by atoms with Gasteiger partial charge < -0.3 is 10.1 Å². The lowest BCUT2D eigenvalue weighted by Gasteiger charge is -2.24. The molecule has 0 radical (unpaired) electrons. The van der Waals surface area contributed by atoms with Gasteiger partial charge in [-0.15, -0.1) is 0 Å². The van der Waals surface area contributed by atoms with Gasteiger partial charge >= 0.3 is 0 Å². The summed E-state index contributed by atoms with van der Waals surface area (Å²) in [5, 5.41) is 2.79. The Balaban J connectivity index is 2.21. The van der Waals surface area contributed by atoms with Gasteiger partial charge in [0.1, 0.15) is 6.54 Å². The first-order valence-corrected chi connectivity index (χ1v) is 12.1. The van der Waals surface area contributed by atoms with Crippen LogP contribution in [0.5, 0.6) is 0 Å². The number of sulfonamides is 1. The highest BCUT2D eigenvalue weighted by molar-refractivity contribution is 7.92. The number of anilines is 1. The van der Waals surface area contributed by atoms with Gasteiger partial charge in [0.15, 0.2) is 0 Å². The zero-order chi connectivity index (χ0) is 23.0. The van der Waals surface area contributed by atoms with E-state index in [1.165, 1.54) is 4.31 Å². The molecule has 0 saturated heterocycles. The Morgan fingerprint density at radius 3 is 2.16 bits per heavy atom. The van der Waals surface area contributed by atoms with Crippen LogP contribution in [0.25, 0.3) is 0 Å². The van der Waals surface area contributed by atoms with E-state index in [2.05, 4.69) is 19.2 Å². The molecular formula is C24H34N2O4S. The maximum atomic E-state index is 13.4. The normalized spacial score (nSPS) is 11.7. The van der Waals surface area contributed by atoms with E-state index in [1.54, 1.807) is 36.4 Å². The maximum Gasteiger partial charge on any atom is 0.264 e. The second-order valence-corrected chi connectivity index (χ2v) is 10.1. The number of aryl methyl sites for hydroxylation is 1. The van der Waals surface area contributed by atoms with Crippen LogP contribution >= 0.6 is 0 Å². The quantitative estimate of drug-likeness (QED) is 0.524. The molecule has 0 aliphatic rings. The molecule has 0 aromatic heterocycles. The molecule has 170 valence electrons. The van der Waals surface area contributed by atoms with Crippen molar-refractivity contribution in [3.8, 4) is 0 Å². The van der Waals surface area contributed by atoms with E-state index in [-0.39, 0.29) is 23.5 Å². The number of nitrogens with zero attached hydrogens (tertiary/aromatic N) is 1. The van der Waals surface area contributed by atoms with E-state index in [9.17, 15) is 13.2 Å². The van der Waals surface area contributed by atoms with Gasteiger partial charge in [0.2, 0.25) is 5.91 Å². The molecule has 2 aromatic carbocycles. The first-order chi connectivity index (χ1) is 14.6. The molecule has 7 heteroatoms. The molecule has 0 aliphatic carbocycles. The van der Waals surface area contributed by atoms with Gasteiger partial charge in [0.05, 0.1) is 16.7 Å². The van der Waals surface area contributed by atoms with E-state index in [1.807, 2.05) is 32.9 Å². The van der Waals surface area contributed by atoms with Gasteiger partial charge in [0, 0.05) is 13.2 Å². The third-order valence-corrected chi connectivity index (χ3v) is 6.63. The van der Waals surface area contributed by atoms with E-state index < -0.39 is 10.0 Å². The molecule has 6 nitrogen and oxygen atoms in total. The molecule has 31 heavy (non-hydrogen) atoms. The number of rotatable bonds is 11. The van der Waals surface area contributed by atoms with Crippen LogP contribution in [0.3, 0.4) is 0 Å². The summed E-state index contributed by atoms with van der Waals surface area (Å²) in [7, 11) is -3.90. The average molecular weight is 447 g/mol. The highest BCUT2D eigenvalue weighted by Crippen LogP contribution is 2.26. The standard InChI is InChI=1S/C24H34N2O4S/c1-18(2)21-9-11-22(12-10-21)26(17-24(27)25-15-6-16-30-19(3)4)31(28,29)23-13-7-20(5)8-14-23/h7-14,18-19H,6,15-17H2,1-5H3,(H,25,27). The summed E-state index contributed by atoms with van der Waals surface area (Å²) >= 11 is 0. The Morgan fingerprint density at radius 2 is 1.61 bits per heavy atom. The number of amides is 1. The fourth-order valence-electron chi connectivity index (χ4n) is 2.98. The Bertz CT molecular complexity index is 937. The first-order valence-electron chi connectivity index (χ1n) is 10.7. The Hall–Kier alpha value is -2.38. The SMILES string of the molecule is Cc1ccc(S(=O)(=O)N(CC(=O)NCCCOC(C)C)c2ccc(C(C)C)cc2)cc1. The number of hydrogen-bond donors (Lipinski definition) is 1. The summed E-state index contributed by atoms with van der Waals surface area (Å²) in [5.41, 5.74) is 2.53. The summed E-state index contributed by atoms with van der Waals surface area (Å²) in [6.07, 6.45) is 0.803. The van der Waals surface area contributed by atoms with Crippen LogP contribution in [0.4, 0.5) is 5.69 Å². The van der Waals surface area contributed by atoms with E-state index in [4.69, 9.17) is 4.74 Å². The predicted molar refractivity (Wildman–Crippen MR) is 125 cm³/mol. The molecule has 0 unspecified atom stereocenters. The molecule has 0 bridgehead atoms. The van der Waals surface area contributed by atoms with Crippen molar-refractivity contribution in [1.82, 2.24) is 5.32 Å². The van der Waals surface area contributed by atoms with Crippen LogP contribution in [-0.4, -0.2) is 40.1 Å². The van der Waals surface area contributed by atoms with Crippen molar-refractivity contribution in [2.75, 3.05) is 24.0 Å². The number of carbonyl (C=O) groups excluding carboxylic acids is 1. The smallest absolute Gasteiger partial charge is 0.264 e. The van der Waals surface area contributed by atoms with Crippen LogP contribution in [0.15, 0.2) is 53.4 Å². The molecule has 2 rings (SSSR count). The lowest BCUT2D eigenvalue weighted by molar-refractivity contribution is -0.119. The Labute approximate surface area is 186 Å². The monoisotopic (exact) mass is 446 g/mol.